The van der Waals surface area contributed by atoms with Gasteiger partial charge in [0.25, 0.3) is 0 Å². The van der Waals surface area contributed by atoms with Gasteiger partial charge in [0, 0.05) is 30.3 Å². The number of piperidine rings is 1. The first-order chi connectivity index (χ1) is 21.7. The fraction of sp³-hybridized carbons (Fsp3) is 0.676. The Morgan fingerprint density at radius 3 is 2.36 bits per heavy atom. The van der Waals surface area contributed by atoms with Gasteiger partial charge in [-0.25, -0.2) is 4.98 Å². The summed E-state index contributed by atoms with van der Waals surface area (Å²) in [6.07, 6.45) is 6.28. The molecule has 0 spiro atoms. The summed E-state index contributed by atoms with van der Waals surface area (Å²) in [5.41, 5.74) is 0.915. The maximum Gasteiger partial charge on any atom is 0.434 e. The molecule has 2 aliphatic carbocycles. The predicted molar refractivity (Wildman–Crippen MR) is 164 cm³/mol. The topological polar surface area (TPSA) is 108 Å². The lowest BCUT2D eigenvalue weighted by Gasteiger charge is -2.40. The molecule has 2 saturated heterocycles. The number of anilines is 2. The van der Waals surface area contributed by atoms with Gasteiger partial charge in [0.2, 0.25) is 0 Å². The highest BCUT2D eigenvalue weighted by Gasteiger charge is 2.44. The first-order valence-electron chi connectivity index (χ1n) is 16.7. The Kier molecular flexibility index (Phi) is 9.96. The zero-order valence-electron chi connectivity index (χ0n) is 25.7. The van der Waals surface area contributed by atoms with Crippen molar-refractivity contribution >= 4 is 17.3 Å². The number of halogens is 3. The number of carbonyl (C=O) groups is 1. The van der Waals surface area contributed by atoms with Gasteiger partial charge in [-0.2, -0.15) is 13.2 Å². The van der Waals surface area contributed by atoms with E-state index in [0.717, 1.165) is 76.2 Å². The molecular weight excluding hydrogens is 585 g/mol. The van der Waals surface area contributed by atoms with Gasteiger partial charge in [-0.15, -0.1) is 0 Å². The van der Waals surface area contributed by atoms with Crippen molar-refractivity contribution in [2.24, 2.45) is 23.7 Å². The second-order valence-electron chi connectivity index (χ2n) is 13.7. The maximum absolute atomic E-state index is 13.0. The number of Topliss-reactive ketones (excluding diaryl/α,β-unsaturated/α-hetero) is 1. The minimum absolute atomic E-state index is 0.0557. The highest BCUT2D eigenvalue weighted by atomic mass is 19.4. The van der Waals surface area contributed by atoms with Gasteiger partial charge in [0.05, 0.1) is 31.1 Å². The summed E-state index contributed by atoms with van der Waals surface area (Å²) in [5, 5.41) is 24.5. The third-order valence-electron chi connectivity index (χ3n) is 10.7. The van der Waals surface area contributed by atoms with E-state index < -0.39 is 36.2 Å². The molecule has 3 heterocycles. The molecule has 1 aromatic carbocycles. The monoisotopic (exact) mass is 630 g/mol. The smallest absolute Gasteiger partial charge is 0.388 e. The van der Waals surface area contributed by atoms with Crippen LogP contribution in [0.1, 0.15) is 86.7 Å². The van der Waals surface area contributed by atoms with Crippen molar-refractivity contribution < 1.29 is 32.9 Å². The van der Waals surface area contributed by atoms with Crippen LogP contribution in [0, 0.1) is 23.7 Å². The van der Waals surface area contributed by atoms with Crippen LogP contribution < -0.4 is 10.2 Å². The third kappa shape index (κ3) is 7.63. The van der Waals surface area contributed by atoms with E-state index in [9.17, 15) is 28.2 Å². The summed E-state index contributed by atoms with van der Waals surface area (Å²) in [7, 11) is 0. The molecule has 45 heavy (non-hydrogen) atoms. The van der Waals surface area contributed by atoms with E-state index in [1.165, 1.54) is 24.9 Å². The van der Waals surface area contributed by atoms with E-state index in [1.54, 1.807) is 0 Å². The van der Waals surface area contributed by atoms with E-state index >= 15 is 0 Å². The summed E-state index contributed by atoms with van der Waals surface area (Å²) in [6.45, 7) is 2.10. The molecule has 1 aromatic heterocycles. The van der Waals surface area contributed by atoms with E-state index in [1.807, 2.05) is 12.1 Å². The number of alkyl halides is 3. The number of hydrogen-bond acceptors (Lipinski definition) is 8. The number of benzene rings is 1. The van der Waals surface area contributed by atoms with Gasteiger partial charge in [0.1, 0.15) is 18.0 Å². The highest BCUT2D eigenvalue weighted by molar-refractivity contribution is 5.98. The van der Waals surface area contributed by atoms with Crippen LogP contribution in [0.4, 0.5) is 24.7 Å². The van der Waals surface area contributed by atoms with Crippen LogP contribution in [0.2, 0.25) is 0 Å². The number of aliphatic hydroxyl groups is 2. The van der Waals surface area contributed by atoms with Gasteiger partial charge in [-0.3, -0.25) is 9.78 Å². The molecule has 6 atom stereocenters. The quantitative estimate of drug-likeness (QED) is 0.295. The Balaban J connectivity index is 0.919. The van der Waals surface area contributed by atoms with E-state index in [0.29, 0.717) is 23.8 Å². The van der Waals surface area contributed by atoms with Crippen molar-refractivity contribution in [3.8, 4) is 0 Å². The first-order valence-corrected chi connectivity index (χ1v) is 16.7. The van der Waals surface area contributed by atoms with Crippen molar-refractivity contribution in [1.29, 1.82) is 0 Å². The minimum atomic E-state index is -4.63. The maximum atomic E-state index is 13.0. The molecule has 2 aliphatic heterocycles. The lowest BCUT2D eigenvalue weighted by Crippen LogP contribution is -2.57. The standard InChI is InChI=1S/C34H45F3N4O4/c35-34(36,37)28-18-38-19-29(40-28)39-27-20-45-33(32(44)31(27)43)25-8-7-22(17-25)6-5-21-13-15-41(16-14-21)26-11-9-24(10-12-26)30(42)23-3-1-2-4-23/h9-12,18-19,21-23,25,27,31-33,43-44H,1-8,13-17,20H2,(H,39,40)/t22?,25?,27-,31+,32+,33+/m0/s1. The fourth-order valence-corrected chi connectivity index (χ4v) is 8.03. The van der Waals surface area contributed by atoms with Crippen molar-refractivity contribution in [3.63, 3.8) is 0 Å². The van der Waals surface area contributed by atoms with Crippen LogP contribution >= 0.6 is 0 Å². The van der Waals surface area contributed by atoms with Gasteiger partial charge in [-0.05, 0) is 80.5 Å². The van der Waals surface area contributed by atoms with E-state index in [4.69, 9.17) is 4.74 Å². The molecular formula is C34H45F3N4O4. The molecule has 6 rings (SSSR count). The minimum Gasteiger partial charge on any atom is -0.388 e. The fourth-order valence-electron chi connectivity index (χ4n) is 8.03. The van der Waals surface area contributed by atoms with Crippen molar-refractivity contribution in [2.45, 2.75) is 101 Å². The number of ketones is 1. The van der Waals surface area contributed by atoms with Crippen LogP contribution in [0.25, 0.3) is 0 Å². The Bertz CT molecular complexity index is 1280. The predicted octanol–water partition coefficient (Wildman–Crippen LogP) is 5.88. The highest BCUT2D eigenvalue weighted by Crippen LogP contribution is 2.41. The number of hydrogen-bond donors (Lipinski definition) is 3. The van der Waals surface area contributed by atoms with Crippen LogP contribution in [0.15, 0.2) is 36.7 Å². The third-order valence-corrected chi connectivity index (χ3v) is 10.7. The SMILES string of the molecule is O=C(c1ccc(N2CCC(CCC3CCC([C@H]4OC[C@H](Nc5cncc(C(F)(F)F)n5)[C@@H](O)[C@H]4O)C3)CC2)cc1)C1CCCC1. The summed E-state index contributed by atoms with van der Waals surface area (Å²) in [5.74, 6) is 1.77. The van der Waals surface area contributed by atoms with Gasteiger partial charge in [-0.1, -0.05) is 32.1 Å². The summed E-state index contributed by atoms with van der Waals surface area (Å²) < 4.78 is 45.0. The van der Waals surface area contributed by atoms with Crippen LogP contribution in [0.3, 0.4) is 0 Å². The molecule has 2 saturated carbocycles. The second kappa shape index (κ2) is 13.9. The number of nitrogens with one attached hydrogen (secondary N) is 1. The number of aliphatic hydroxyl groups excluding tert-OH is 2. The molecule has 4 aliphatic rings. The van der Waals surface area contributed by atoms with Gasteiger partial charge in [0.15, 0.2) is 11.5 Å². The van der Waals surface area contributed by atoms with Crippen molar-refractivity contribution in [3.05, 3.63) is 47.9 Å². The van der Waals surface area contributed by atoms with E-state index in [2.05, 4.69) is 32.3 Å². The molecule has 0 radical (unpaired) electrons. The number of aromatic nitrogens is 2. The molecule has 8 nitrogen and oxygen atoms in total. The molecule has 3 N–H and O–H groups in total. The van der Waals surface area contributed by atoms with Crippen molar-refractivity contribution in [1.82, 2.24) is 9.97 Å². The van der Waals surface area contributed by atoms with Crippen LogP contribution in [0.5, 0.6) is 0 Å². The molecule has 4 fully saturated rings. The Morgan fingerprint density at radius 1 is 0.933 bits per heavy atom. The van der Waals surface area contributed by atoms with Gasteiger partial charge >= 0.3 is 6.18 Å². The molecule has 0 bridgehead atoms. The zero-order valence-corrected chi connectivity index (χ0v) is 25.7. The van der Waals surface area contributed by atoms with Crippen LogP contribution in [-0.2, 0) is 10.9 Å². The normalized spacial score (nSPS) is 30.1. The molecule has 0 amide bonds. The first kappa shape index (κ1) is 32.2. The number of nitrogens with zero attached hydrogens (tertiary/aromatic N) is 3. The van der Waals surface area contributed by atoms with Gasteiger partial charge < -0.3 is 25.2 Å². The lowest BCUT2D eigenvalue weighted by molar-refractivity contribution is -0.158. The molecule has 2 unspecified atom stereocenters. The average molecular weight is 631 g/mol. The second-order valence-corrected chi connectivity index (χ2v) is 13.7. The molecule has 246 valence electrons. The number of carbonyl (C=O) groups excluding carboxylic acids is 1. The summed E-state index contributed by atoms with van der Waals surface area (Å²) >= 11 is 0. The number of rotatable bonds is 9. The Hall–Kier alpha value is -2.76. The van der Waals surface area contributed by atoms with Crippen LogP contribution in [-0.4, -0.2) is 70.0 Å². The lowest BCUT2D eigenvalue weighted by atomic mass is 9.85. The summed E-state index contributed by atoms with van der Waals surface area (Å²) in [4.78, 5) is 22.3. The molecule has 11 heteroatoms. The number of ether oxygens (including phenoxy) is 1. The van der Waals surface area contributed by atoms with E-state index in [-0.39, 0.29) is 24.3 Å². The van der Waals surface area contributed by atoms with Crippen molar-refractivity contribution in [2.75, 3.05) is 29.9 Å². The molecule has 2 aromatic rings. The summed E-state index contributed by atoms with van der Waals surface area (Å²) in [6, 6.07) is 7.43. The largest absolute Gasteiger partial charge is 0.434 e. The Morgan fingerprint density at radius 2 is 1.64 bits per heavy atom. The average Bonchev–Trinajstić information content (AvgIpc) is 3.76. The zero-order chi connectivity index (χ0) is 31.6. The Labute approximate surface area is 262 Å².